The van der Waals surface area contributed by atoms with Gasteiger partial charge in [0.25, 0.3) is 5.91 Å². The molecule has 0 spiro atoms. The Bertz CT molecular complexity index is 1140. The van der Waals surface area contributed by atoms with E-state index in [1.54, 1.807) is 35.6 Å². The lowest BCUT2D eigenvalue weighted by Gasteiger charge is -2.09. The van der Waals surface area contributed by atoms with Crippen molar-refractivity contribution >= 4 is 44.9 Å². The number of carbonyl (C=O) groups is 2. The standard InChI is InChI=1S/C24H22N4O2S/c29-23(25-16-6-11-22-28-20-9-4-5-10-21(20)31-22)17-12-14-19(15-13-17)27-24(30)26-18-7-2-1-3-8-18/h1-5,7-10,12-15H,6,11,16H2,(H,25,29)(H2,26,27,30). The van der Waals surface area contributed by atoms with Gasteiger partial charge in [0.2, 0.25) is 0 Å². The van der Waals surface area contributed by atoms with Gasteiger partial charge in [-0.1, -0.05) is 30.3 Å². The Balaban J connectivity index is 1.22. The molecule has 1 aromatic heterocycles. The number of nitrogens with one attached hydrogen (secondary N) is 3. The number of nitrogens with zero attached hydrogens (tertiary/aromatic N) is 1. The minimum atomic E-state index is -0.335. The molecule has 6 nitrogen and oxygen atoms in total. The predicted molar refractivity (Wildman–Crippen MR) is 126 cm³/mol. The predicted octanol–water partition coefficient (Wildman–Crippen LogP) is 5.30. The van der Waals surface area contributed by atoms with Crippen molar-refractivity contribution in [3.05, 3.63) is 89.4 Å². The molecule has 0 fully saturated rings. The zero-order chi connectivity index (χ0) is 21.5. The highest BCUT2D eigenvalue weighted by Gasteiger charge is 2.08. The van der Waals surface area contributed by atoms with Gasteiger partial charge in [-0.05, 0) is 55.0 Å². The van der Waals surface area contributed by atoms with Crippen LogP contribution in [-0.4, -0.2) is 23.5 Å². The van der Waals surface area contributed by atoms with Crippen LogP contribution >= 0.6 is 11.3 Å². The van der Waals surface area contributed by atoms with E-state index in [1.807, 2.05) is 48.5 Å². The van der Waals surface area contributed by atoms with Crippen LogP contribution < -0.4 is 16.0 Å². The molecule has 0 saturated heterocycles. The summed E-state index contributed by atoms with van der Waals surface area (Å²) in [6.45, 7) is 0.578. The number of hydrogen-bond donors (Lipinski definition) is 3. The molecule has 0 aliphatic rings. The van der Waals surface area contributed by atoms with Gasteiger partial charge in [-0.2, -0.15) is 0 Å². The van der Waals surface area contributed by atoms with Gasteiger partial charge in [0.15, 0.2) is 0 Å². The molecule has 0 saturated carbocycles. The Hall–Kier alpha value is -3.71. The molecule has 4 aromatic rings. The third-order valence-corrected chi connectivity index (χ3v) is 5.72. The average Bonchev–Trinajstić information content (AvgIpc) is 3.20. The number of carbonyl (C=O) groups excluding carboxylic acids is 2. The Morgan fingerprint density at radius 2 is 1.48 bits per heavy atom. The zero-order valence-corrected chi connectivity index (χ0v) is 17.6. The lowest BCUT2D eigenvalue weighted by atomic mass is 10.2. The van der Waals surface area contributed by atoms with Crippen LogP contribution in [0.2, 0.25) is 0 Å². The second-order valence-corrected chi connectivity index (χ2v) is 8.07. The maximum Gasteiger partial charge on any atom is 0.323 e. The van der Waals surface area contributed by atoms with Gasteiger partial charge >= 0.3 is 6.03 Å². The number of anilines is 2. The van der Waals surface area contributed by atoms with Gasteiger partial charge in [-0.15, -0.1) is 11.3 Å². The first-order valence-electron chi connectivity index (χ1n) is 10.0. The minimum Gasteiger partial charge on any atom is -0.352 e. The van der Waals surface area contributed by atoms with Crippen LogP contribution in [0.4, 0.5) is 16.2 Å². The number of aromatic nitrogens is 1. The molecule has 31 heavy (non-hydrogen) atoms. The maximum atomic E-state index is 12.3. The van der Waals surface area contributed by atoms with Gasteiger partial charge < -0.3 is 16.0 Å². The molecule has 7 heteroatoms. The highest BCUT2D eigenvalue weighted by molar-refractivity contribution is 7.18. The Morgan fingerprint density at radius 1 is 0.806 bits per heavy atom. The van der Waals surface area contributed by atoms with Gasteiger partial charge in [0.05, 0.1) is 15.2 Å². The number of urea groups is 1. The zero-order valence-electron chi connectivity index (χ0n) is 16.8. The van der Waals surface area contributed by atoms with Gasteiger partial charge in [-0.3, -0.25) is 4.79 Å². The molecule has 3 aromatic carbocycles. The number of para-hydroxylation sites is 2. The van der Waals surface area contributed by atoms with Crippen molar-refractivity contribution < 1.29 is 9.59 Å². The van der Waals surface area contributed by atoms with E-state index in [2.05, 4.69) is 27.0 Å². The van der Waals surface area contributed by atoms with Crippen molar-refractivity contribution in [3.8, 4) is 0 Å². The Kier molecular flexibility index (Phi) is 6.54. The van der Waals surface area contributed by atoms with E-state index < -0.39 is 0 Å². The number of hydrogen-bond acceptors (Lipinski definition) is 4. The molecule has 0 aliphatic heterocycles. The quantitative estimate of drug-likeness (QED) is 0.348. The minimum absolute atomic E-state index is 0.135. The molecule has 4 rings (SSSR count). The van der Waals surface area contributed by atoms with Crippen LogP contribution in [0.15, 0.2) is 78.9 Å². The second kappa shape index (κ2) is 9.86. The van der Waals surface area contributed by atoms with Crippen LogP contribution in [0.3, 0.4) is 0 Å². The van der Waals surface area contributed by atoms with Crippen LogP contribution in [0.1, 0.15) is 21.8 Å². The summed E-state index contributed by atoms with van der Waals surface area (Å²) in [7, 11) is 0. The molecule has 0 atom stereocenters. The van der Waals surface area contributed by atoms with E-state index in [0.29, 0.717) is 23.5 Å². The molecule has 3 N–H and O–H groups in total. The summed E-state index contributed by atoms with van der Waals surface area (Å²) in [6, 6.07) is 23.8. The lowest BCUT2D eigenvalue weighted by molar-refractivity contribution is 0.0953. The van der Waals surface area contributed by atoms with Crippen molar-refractivity contribution in [2.24, 2.45) is 0 Å². The monoisotopic (exact) mass is 430 g/mol. The molecular formula is C24H22N4O2S. The van der Waals surface area contributed by atoms with Crippen LogP contribution in [0.25, 0.3) is 10.2 Å². The maximum absolute atomic E-state index is 12.3. The van der Waals surface area contributed by atoms with Crippen molar-refractivity contribution in [3.63, 3.8) is 0 Å². The smallest absolute Gasteiger partial charge is 0.323 e. The van der Waals surface area contributed by atoms with E-state index in [4.69, 9.17) is 0 Å². The number of aryl methyl sites for hydroxylation is 1. The number of amides is 3. The molecule has 0 radical (unpaired) electrons. The summed E-state index contributed by atoms with van der Waals surface area (Å²) in [5.41, 5.74) is 2.90. The fraction of sp³-hybridized carbons (Fsp3) is 0.125. The molecular weight excluding hydrogens is 408 g/mol. The normalized spacial score (nSPS) is 10.6. The third-order valence-electron chi connectivity index (χ3n) is 4.63. The summed E-state index contributed by atoms with van der Waals surface area (Å²) < 4.78 is 1.19. The summed E-state index contributed by atoms with van der Waals surface area (Å²) in [5.74, 6) is -0.135. The summed E-state index contributed by atoms with van der Waals surface area (Å²) in [4.78, 5) is 29.0. The van der Waals surface area contributed by atoms with E-state index in [0.717, 1.165) is 23.4 Å². The highest BCUT2D eigenvalue weighted by Crippen LogP contribution is 2.22. The Morgan fingerprint density at radius 3 is 2.23 bits per heavy atom. The first-order chi connectivity index (χ1) is 15.2. The van der Waals surface area contributed by atoms with Crippen molar-refractivity contribution in [1.29, 1.82) is 0 Å². The van der Waals surface area contributed by atoms with Gasteiger partial charge in [0, 0.05) is 29.9 Å². The van der Waals surface area contributed by atoms with E-state index >= 15 is 0 Å². The molecule has 0 bridgehead atoms. The fourth-order valence-electron chi connectivity index (χ4n) is 3.09. The SMILES string of the molecule is O=C(Nc1ccccc1)Nc1ccc(C(=O)NCCCc2nc3ccccc3s2)cc1. The molecule has 156 valence electrons. The largest absolute Gasteiger partial charge is 0.352 e. The topological polar surface area (TPSA) is 83.1 Å². The van der Waals surface area contributed by atoms with Crippen molar-refractivity contribution in [2.45, 2.75) is 12.8 Å². The van der Waals surface area contributed by atoms with E-state index in [9.17, 15) is 9.59 Å². The molecule has 0 aliphatic carbocycles. The van der Waals surface area contributed by atoms with Crippen LogP contribution in [-0.2, 0) is 6.42 Å². The van der Waals surface area contributed by atoms with Crippen LogP contribution in [0, 0.1) is 0 Å². The summed E-state index contributed by atoms with van der Waals surface area (Å²) in [6.07, 6.45) is 1.66. The lowest BCUT2D eigenvalue weighted by Crippen LogP contribution is -2.24. The number of benzene rings is 3. The van der Waals surface area contributed by atoms with Crippen LogP contribution in [0.5, 0.6) is 0 Å². The molecule has 1 heterocycles. The average molecular weight is 431 g/mol. The fourth-order valence-corrected chi connectivity index (χ4v) is 4.10. The first kappa shape index (κ1) is 20.6. The van der Waals surface area contributed by atoms with Gasteiger partial charge in [-0.25, -0.2) is 9.78 Å². The van der Waals surface area contributed by atoms with Gasteiger partial charge in [0.1, 0.15) is 0 Å². The van der Waals surface area contributed by atoms with E-state index in [-0.39, 0.29) is 11.9 Å². The summed E-state index contributed by atoms with van der Waals surface area (Å²) >= 11 is 1.70. The number of rotatable bonds is 7. The molecule has 0 unspecified atom stereocenters. The highest BCUT2D eigenvalue weighted by atomic mass is 32.1. The molecule has 3 amide bonds. The van der Waals surface area contributed by atoms with Crippen molar-refractivity contribution in [2.75, 3.05) is 17.2 Å². The third kappa shape index (κ3) is 5.67. The Labute approximate surface area is 184 Å². The van der Waals surface area contributed by atoms with Crippen molar-refractivity contribution in [1.82, 2.24) is 10.3 Å². The first-order valence-corrected chi connectivity index (χ1v) is 10.8. The number of fused-ring (bicyclic) bond motifs is 1. The number of thiazole rings is 1. The second-order valence-electron chi connectivity index (χ2n) is 6.96. The van der Waals surface area contributed by atoms with E-state index in [1.165, 1.54) is 4.70 Å². The summed E-state index contributed by atoms with van der Waals surface area (Å²) in [5, 5.41) is 9.52.